The molecule has 0 amide bonds. The number of carbonyl (C=O) groups excluding carboxylic acids is 2. The number of benzene rings is 2. The van der Waals surface area contributed by atoms with Crippen LogP contribution < -0.4 is 11.0 Å². The van der Waals surface area contributed by atoms with Gasteiger partial charge in [0, 0.05) is 32.9 Å². The number of aliphatic hydroxyl groups is 1. The first-order valence-corrected chi connectivity index (χ1v) is 15.0. The van der Waals surface area contributed by atoms with Crippen molar-refractivity contribution in [2.45, 2.75) is 43.3 Å². The summed E-state index contributed by atoms with van der Waals surface area (Å²) < 4.78 is 73.9. The van der Waals surface area contributed by atoms with E-state index in [9.17, 15) is 31.2 Å². The molecule has 14 nitrogen and oxygen atoms in total. The summed E-state index contributed by atoms with van der Waals surface area (Å²) >= 11 is 0. The van der Waals surface area contributed by atoms with Gasteiger partial charge in [0.1, 0.15) is 6.61 Å². The molecule has 0 radical (unpaired) electrons. The molecule has 0 saturated carbocycles. The van der Waals surface area contributed by atoms with Gasteiger partial charge >= 0.3 is 18.1 Å². The summed E-state index contributed by atoms with van der Waals surface area (Å²) in [4.78, 5) is 26.2. The van der Waals surface area contributed by atoms with Crippen molar-refractivity contribution in [1.82, 2.24) is 14.8 Å². The Labute approximate surface area is 263 Å². The van der Waals surface area contributed by atoms with Crippen molar-refractivity contribution in [2.75, 3.05) is 27.1 Å². The van der Waals surface area contributed by atoms with Crippen molar-refractivity contribution in [3.63, 3.8) is 0 Å². The minimum Gasteiger partial charge on any atom is -0.464 e. The number of ether oxygens (including phenoxy) is 2. The highest BCUT2D eigenvalue weighted by Crippen LogP contribution is 2.33. The number of primary sulfonamides is 1. The molecule has 1 atom stereocenters. The molecule has 3 aromatic rings. The van der Waals surface area contributed by atoms with Crippen LogP contribution in [0.2, 0.25) is 0 Å². The van der Waals surface area contributed by atoms with E-state index in [0.29, 0.717) is 11.1 Å². The van der Waals surface area contributed by atoms with Crippen molar-refractivity contribution >= 4 is 28.7 Å². The molecule has 46 heavy (non-hydrogen) atoms. The van der Waals surface area contributed by atoms with Crippen LogP contribution in [-0.4, -0.2) is 80.1 Å². The summed E-state index contributed by atoms with van der Waals surface area (Å²) in [5.74, 6) is 5.01. The Balaban J connectivity index is 0.000000643. The zero-order valence-electron chi connectivity index (χ0n) is 25.0. The van der Waals surface area contributed by atoms with E-state index in [4.69, 9.17) is 20.8 Å². The number of nitrogens with two attached hydrogens (primary N) is 2. The molecule has 0 bridgehead atoms. The van der Waals surface area contributed by atoms with E-state index >= 15 is 0 Å². The number of carbonyl (C=O) groups is 2. The number of aromatic nitrogens is 2. The number of hydrogen-bond donors (Lipinski definition) is 3. The second kappa shape index (κ2) is 17.4. The van der Waals surface area contributed by atoms with Gasteiger partial charge in [0.15, 0.2) is 5.69 Å². The summed E-state index contributed by atoms with van der Waals surface area (Å²) in [6, 6.07) is 12.3. The fraction of sp³-hybridized carbons (Fsp3) is 0.357. The number of aliphatic hydroxyl groups excluding tert-OH is 1. The molecule has 252 valence electrons. The highest BCUT2D eigenvalue weighted by Gasteiger charge is 2.35. The highest BCUT2D eigenvalue weighted by molar-refractivity contribution is 7.89. The predicted molar refractivity (Wildman–Crippen MR) is 159 cm³/mol. The quantitative estimate of drug-likeness (QED) is 0.0713. The first kappa shape index (κ1) is 37.8. The summed E-state index contributed by atoms with van der Waals surface area (Å²) in [6.45, 7) is 5.09. The Morgan fingerprint density at radius 3 is 2.24 bits per heavy atom. The number of sulfonamides is 1. The van der Waals surface area contributed by atoms with Gasteiger partial charge in [0.2, 0.25) is 10.0 Å². The maximum absolute atomic E-state index is 13.4. The molecule has 1 unspecified atom stereocenters. The SMILES string of the molecule is C=NOCOC(C)=O.CO.NN1CCCC1COC(=O)Cc1ccc(-c2cc(C(F)(F)F)nn2-c2ccc(S(N)(=O)=O)cc2)cc1. The second-order valence-corrected chi connectivity index (χ2v) is 11.0. The number of hydrazine groups is 1. The smallest absolute Gasteiger partial charge is 0.435 e. The lowest BCUT2D eigenvalue weighted by molar-refractivity contribution is -0.153. The molecule has 4 rings (SSSR count). The molecule has 2 aromatic carbocycles. The Bertz CT molecular complexity index is 1550. The maximum atomic E-state index is 13.4. The van der Waals surface area contributed by atoms with Crippen molar-refractivity contribution in [2.24, 2.45) is 16.1 Å². The van der Waals surface area contributed by atoms with Gasteiger partial charge in [-0.15, -0.1) is 0 Å². The van der Waals surface area contributed by atoms with Crippen LogP contribution in [0, 0.1) is 0 Å². The molecule has 1 fully saturated rings. The Morgan fingerprint density at radius 1 is 1.11 bits per heavy atom. The molecule has 0 spiro atoms. The lowest BCUT2D eigenvalue weighted by atomic mass is 10.1. The second-order valence-electron chi connectivity index (χ2n) is 9.47. The van der Waals surface area contributed by atoms with Crippen molar-refractivity contribution in [3.8, 4) is 16.9 Å². The largest absolute Gasteiger partial charge is 0.464 e. The van der Waals surface area contributed by atoms with Crippen LogP contribution in [0.5, 0.6) is 0 Å². The third-order valence-corrected chi connectivity index (χ3v) is 7.20. The maximum Gasteiger partial charge on any atom is 0.435 e. The van der Waals surface area contributed by atoms with E-state index in [1.807, 2.05) is 0 Å². The first-order chi connectivity index (χ1) is 21.7. The molecule has 2 heterocycles. The van der Waals surface area contributed by atoms with E-state index in [1.54, 1.807) is 29.3 Å². The summed E-state index contributed by atoms with van der Waals surface area (Å²) in [6.07, 6.45) is -2.89. The number of nitrogens with zero attached hydrogens (tertiary/aromatic N) is 4. The average Bonchev–Trinajstić information content (AvgIpc) is 3.64. The monoisotopic (exact) mass is 672 g/mol. The topological polar surface area (TPSA) is 202 Å². The molecule has 0 aliphatic carbocycles. The summed E-state index contributed by atoms with van der Waals surface area (Å²) in [5.41, 5.74) is 0.266. The van der Waals surface area contributed by atoms with Gasteiger partial charge in [0.05, 0.1) is 28.7 Å². The van der Waals surface area contributed by atoms with Crippen molar-refractivity contribution in [3.05, 3.63) is 65.9 Å². The minimum atomic E-state index is -4.69. The van der Waals surface area contributed by atoms with E-state index in [0.717, 1.165) is 37.2 Å². The van der Waals surface area contributed by atoms with Gasteiger partial charge in [-0.3, -0.25) is 15.4 Å². The Kier molecular flexibility index (Phi) is 14.3. The number of oxime groups is 1. The third kappa shape index (κ3) is 11.5. The molecule has 1 aromatic heterocycles. The fourth-order valence-corrected chi connectivity index (χ4v) is 4.60. The molecule has 1 saturated heterocycles. The van der Waals surface area contributed by atoms with Crippen LogP contribution in [0.3, 0.4) is 0 Å². The zero-order chi connectivity index (χ0) is 34.5. The Morgan fingerprint density at radius 2 is 1.74 bits per heavy atom. The van der Waals surface area contributed by atoms with Crippen LogP contribution in [0.25, 0.3) is 16.9 Å². The van der Waals surface area contributed by atoms with Gasteiger partial charge in [-0.25, -0.2) is 23.2 Å². The highest BCUT2D eigenvalue weighted by atomic mass is 32.2. The molecular weight excluding hydrogens is 637 g/mol. The molecule has 5 N–H and O–H groups in total. The number of alkyl halides is 3. The number of esters is 2. The average molecular weight is 673 g/mol. The normalized spacial score (nSPS) is 14.7. The van der Waals surface area contributed by atoms with Crippen LogP contribution in [-0.2, 0) is 46.5 Å². The van der Waals surface area contributed by atoms with Crippen LogP contribution >= 0.6 is 0 Å². The molecular formula is C28H35F3N6O8S. The zero-order valence-corrected chi connectivity index (χ0v) is 25.8. The first-order valence-electron chi connectivity index (χ1n) is 13.4. The summed E-state index contributed by atoms with van der Waals surface area (Å²) in [7, 11) is -2.96. The van der Waals surface area contributed by atoms with Crippen LogP contribution in [0.15, 0.2) is 64.6 Å². The predicted octanol–water partition coefficient (Wildman–Crippen LogP) is 2.38. The van der Waals surface area contributed by atoms with Crippen LogP contribution in [0.1, 0.15) is 31.0 Å². The lowest BCUT2D eigenvalue weighted by Crippen LogP contribution is -2.39. The van der Waals surface area contributed by atoms with Crippen LogP contribution in [0.4, 0.5) is 13.2 Å². The fourth-order valence-electron chi connectivity index (χ4n) is 4.08. The Hall–Kier alpha value is -4.36. The van der Waals surface area contributed by atoms with Gasteiger partial charge < -0.3 is 19.4 Å². The number of halogens is 3. The van der Waals surface area contributed by atoms with E-state index in [-0.39, 0.29) is 42.1 Å². The summed E-state index contributed by atoms with van der Waals surface area (Å²) in [5, 5.41) is 20.4. The van der Waals surface area contributed by atoms with Gasteiger partial charge in [-0.05, 0) is 48.7 Å². The van der Waals surface area contributed by atoms with Crippen molar-refractivity contribution < 1.29 is 50.6 Å². The van der Waals surface area contributed by atoms with E-state index in [1.165, 1.54) is 31.2 Å². The molecule has 1 aliphatic rings. The molecule has 18 heteroatoms. The molecule has 1 aliphatic heterocycles. The van der Waals surface area contributed by atoms with Crippen molar-refractivity contribution in [1.29, 1.82) is 0 Å². The third-order valence-electron chi connectivity index (χ3n) is 6.27. The van der Waals surface area contributed by atoms with E-state index in [2.05, 4.69) is 26.5 Å². The van der Waals surface area contributed by atoms with Gasteiger partial charge in [0.25, 0.3) is 6.79 Å². The van der Waals surface area contributed by atoms with Gasteiger partial charge in [-0.2, -0.15) is 18.3 Å². The van der Waals surface area contributed by atoms with E-state index < -0.39 is 33.8 Å². The standard InChI is InChI=1S/C23H24F3N5O4S.C4H7NO3.CH4O/c24-23(25,26)21-13-20(31(29-21)17-7-9-19(10-8-17)36(28,33)34)16-5-3-15(4-6-16)12-22(32)35-14-18-2-1-11-30(18)27;1-4(6)7-3-8-5-2;1-2/h3-10,13,18H,1-2,11-12,14,27H2,(H2,28,33,34);2-3H2,1H3;2H,1H3. The lowest BCUT2D eigenvalue weighted by Gasteiger charge is -2.18. The number of rotatable bonds is 10. The van der Waals surface area contributed by atoms with Gasteiger partial charge in [-0.1, -0.05) is 29.4 Å². The number of hydrogen-bond acceptors (Lipinski definition) is 12. The minimum absolute atomic E-state index is 0.000338.